The number of likely N-dealkylation sites (N-methyl/N-ethyl adjacent to an activating group) is 1. The fourth-order valence-electron chi connectivity index (χ4n) is 10.4. The largest absolute Gasteiger partial charge is 0.495 e. The Morgan fingerprint density at radius 1 is 1.01 bits per heavy atom. The fraction of sp³-hybridized carbons (Fsp3) is 0.579. The number of carboxylic acid groups (broad SMARTS) is 1. The van der Waals surface area contributed by atoms with Gasteiger partial charge in [0.15, 0.2) is 12.5 Å². The molecule has 3 aromatic rings. The van der Waals surface area contributed by atoms with E-state index in [9.17, 15) is 44.1 Å². The number of para-hydroxylation sites is 1. The lowest BCUT2D eigenvalue weighted by Crippen LogP contribution is -2.73. The maximum atomic E-state index is 14.4. The van der Waals surface area contributed by atoms with Crippen LogP contribution < -0.4 is 31.0 Å². The van der Waals surface area contributed by atoms with Crippen molar-refractivity contribution in [2.45, 2.75) is 140 Å². The highest BCUT2D eigenvalue weighted by molar-refractivity contribution is 6.35. The third-order valence-corrected chi connectivity index (χ3v) is 15.6. The summed E-state index contributed by atoms with van der Waals surface area (Å²) in [6.07, 6.45) is -0.978. The molecule has 4 amide bonds. The van der Waals surface area contributed by atoms with E-state index in [0.717, 1.165) is 27.7 Å². The minimum Gasteiger partial charge on any atom is -0.495 e. The first-order valence-corrected chi connectivity index (χ1v) is 27.8. The Labute approximate surface area is 488 Å². The van der Waals surface area contributed by atoms with E-state index in [1.54, 1.807) is 52.2 Å². The van der Waals surface area contributed by atoms with E-state index in [1.807, 2.05) is 60.0 Å². The Kier molecular flexibility index (Phi) is 23.5. The molecule has 2 saturated heterocycles. The summed E-state index contributed by atoms with van der Waals surface area (Å²) < 4.78 is 48.5. The number of aliphatic carboxylic acids is 1. The molecule has 1 aromatic heterocycles. The zero-order valence-corrected chi connectivity index (χ0v) is 49.6. The molecule has 26 heteroatoms. The number of aliphatic hydroxyl groups excluding tert-OH is 1. The van der Waals surface area contributed by atoms with E-state index in [0.29, 0.717) is 24.4 Å². The van der Waals surface area contributed by atoms with E-state index in [-0.39, 0.29) is 83.3 Å². The van der Waals surface area contributed by atoms with Gasteiger partial charge in [0, 0.05) is 65.1 Å². The lowest BCUT2D eigenvalue weighted by atomic mass is 9.72. The number of nitrogens with zero attached hydrogens (tertiary/aromatic N) is 4. The highest BCUT2D eigenvalue weighted by Crippen LogP contribution is 2.51. The molecular formula is C57H81ClN8O17. The van der Waals surface area contributed by atoms with Crippen LogP contribution in [0.15, 0.2) is 66.3 Å². The van der Waals surface area contributed by atoms with Gasteiger partial charge in [-0.3, -0.25) is 24.6 Å². The number of methoxy groups -OCH3 is 2. The number of hydrazine groups is 1. The van der Waals surface area contributed by atoms with Crippen molar-refractivity contribution in [1.82, 2.24) is 35.9 Å². The molecule has 2 unspecified atom stereocenters. The van der Waals surface area contributed by atoms with Crippen LogP contribution in [0.2, 0.25) is 5.02 Å². The van der Waals surface area contributed by atoms with Gasteiger partial charge in [0.1, 0.15) is 40.7 Å². The minimum absolute atomic E-state index is 0.0218. The number of benzene rings is 2. The number of ether oxygens (including phenoxy) is 8. The molecule has 9 atom stereocenters. The number of carbonyl (C=O) groups excluding carboxylic acids is 5. The van der Waals surface area contributed by atoms with E-state index >= 15 is 0 Å². The van der Waals surface area contributed by atoms with E-state index in [4.69, 9.17) is 49.5 Å². The number of nitrogens with one attached hydrogen (secondary N) is 4. The second-order valence-corrected chi connectivity index (χ2v) is 21.8. The van der Waals surface area contributed by atoms with Gasteiger partial charge in [-0.15, -0.1) is 0 Å². The van der Waals surface area contributed by atoms with Gasteiger partial charge in [0.25, 0.3) is 0 Å². The Balaban J connectivity index is 1.00. The molecule has 0 spiro atoms. The second kappa shape index (κ2) is 29.5. The van der Waals surface area contributed by atoms with Crippen LogP contribution in [0.1, 0.15) is 77.5 Å². The zero-order chi connectivity index (χ0) is 60.8. The maximum Gasteiger partial charge on any atom is 0.409 e. The predicted molar refractivity (Wildman–Crippen MR) is 304 cm³/mol. The number of alkyl carbamates (subject to hydrolysis) is 1. The van der Waals surface area contributed by atoms with Crippen LogP contribution >= 0.6 is 11.6 Å². The summed E-state index contributed by atoms with van der Waals surface area (Å²) in [4.78, 5) is 82.0. The molecule has 2 aromatic carbocycles. The van der Waals surface area contributed by atoms with Gasteiger partial charge in [-0.25, -0.2) is 19.9 Å². The number of hydrogen-bond donors (Lipinski definition) is 7. The zero-order valence-electron chi connectivity index (χ0n) is 48.9. The van der Waals surface area contributed by atoms with Crippen molar-refractivity contribution in [3.63, 3.8) is 0 Å². The van der Waals surface area contributed by atoms with Gasteiger partial charge in [-0.1, -0.05) is 53.6 Å². The third kappa shape index (κ3) is 17.2. The molecule has 0 aliphatic carbocycles. The number of carbonyl (C=O) groups is 6. The highest BCUT2D eigenvalue weighted by Gasteiger charge is 2.63. The number of aromatic nitrogens is 1. The quantitative estimate of drug-likeness (QED) is 0.0384. The highest BCUT2D eigenvalue weighted by atomic mass is 35.5. The summed E-state index contributed by atoms with van der Waals surface area (Å²) in [7, 11) is 9.54. The summed E-state index contributed by atoms with van der Waals surface area (Å²) in [6, 6.07) is 10.8. The normalized spacial score (nSPS) is 25.5. The molecule has 0 radical (unpaired) electrons. The van der Waals surface area contributed by atoms with Crippen LogP contribution in [0.3, 0.4) is 0 Å². The van der Waals surface area contributed by atoms with Gasteiger partial charge < -0.3 is 78.2 Å². The van der Waals surface area contributed by atoms with Crippen LogP contribution in [0.4, 0.5) is 10.5 Å². The van der Waals surface area contributed by atoms with Gasteiger partial charge in [-0.05, 0) is 77.4 Å². The average Bonchev–Trinajstić information content (AvgIpc) is 3.35. The molecule has 5 heterocycles. The SMILES string of the molecule is CNN(C)Cc1cc2ccccc2n1COC(=O)N[C@@H](CCC(=O)O)C(=O)NCCOCCOCCC(=O)N(C)[C@@H](C)C(=O)O[C@H]1CC(=O)N(C)c2cc(cc(OC)c2Cl)C/C(C)=C/C=C/[C@@H](OC)[C@@]2(O)C[C@H](OC(O)N2)C2(C)C[C@@]1(C)O2. The summed E-state index contributed by atoms with van der Waals surface area (Å²) in [5.74, 6) is -3.21. The van der Waals surface area contributed by atoms with Crippen LogP contribution in [-0.4, -0.2) is 195 Å². The lowest BCUT2D eigenvalue weighted by molar-refractivity contribution is -0.364. The second-order valence-electron chi connectivity index (χ2n) is 21.4. The van der Waals surface area contributed by atoms with Crippen molar-refractivity contribution in [2.75, 3.05) is 80.3 Å². The van der Waals surface area contributed by atoms with Crippen molar-refractivity contribution in [3.05, 3.63) is 82.5 Å². The Morgan fingerprint density at radius 2 is 1.72 bits per heavy atom. The lowest BCUT2D eigenvalue weighted by Gasteiger charge is -2.60. The molecule has 7 N–H and O–H groups in total. The Hall–Kier alpha value is -6.23. The van der Waals surface area contributed by atoms with Crippen LogP contribution in [0, 0.1) is 0 Å². The van der Waals surface area contributed by atoms with Crippen molar-refractivity contribution >= 4 is 63.9 Å². The monoisotopic (exact) mass is 1180 g/mol. The molecule has 4 aliphatic heterocycles. The first-order chi connectivity index (χ1) is 39.3. The number of halogens is 1. The standard InChI is InChI=1S/C57H81ClN8O17/c1-35-14-13-17-44(77-10)57(75)31-46(82-54(74)62-57)56(4)33-55(3,83-56)45(30-48(68)65(8)42-27-37(26-35)28-43(76-9)50(42)58)81-52(72)36(2)64(7)47(67)20-22-78-24-25-79-23-21-60-51(71)40(18-19-49(69)70)61-53(73)80-34-66-39(32-63(6)59-5)29-38-15-11-12-16-41(38)66/h11-17,27-29,36,40,44-46,54,59,62,74-75H,18-26,30-34H2,1-10H3,(H,60,71)(H,61,73)(H,69,70)/b17-13+,35-14+/t36-,40-,44+,45-,46-,54?,55+,56?,57-/m0/s1. The molecule has 2 fully saturated rings. The van der Waals surface area contributed by atoms with Crippen LogP contribution in [0.25, 0.3) is 10.9 Å². The maximum absolute atomic E-state index is 14.4. The molecule has 0 saturated carbocycles. The van der Waals surface area contributed by atoms with Crippen molar-refractivity contribution < 1.29 is 82.0 Å². The number of allylic oxidation sites excluding steroid dienone is 3. The summed E-state index contributed by atoms with van der Waals surface area (Å²) in [5.41, 5.74) is 2.45. The van der Waals surface area contributed by atoms with Gasteiger partial charge in [0.2, 0.25) is 24.1 Å². The molecule has 4 aliphatic rings. The number of amides is 4. The van der Waals surface area contributed by atoms with Gasteiger partial charge in [0.05, 0.1) is 75.8 Å². The van der Waals surface area contributed by atoms with Gasteiger partial charge >= 0.3 is 18.0 Å². The van der Waals surface area contributed by atoms with Crippen LogP contribution in [-0.2, 0) is 76.8 Å². The predicted octanol–water partition coefficient (Wildman–Crippen LogP) is 3.49. The molecule has 25 nitrogen and oxygen atoms in total. The van der Waals surface area contributed by atoms with E-state index in [2.05, 4.69) is 21.4 Å². The first-order valence-electron chi connectivity index (χ1n) is 27.4. The number of carboxylic acids is 1. The molecule has 7 rings (SSSR count). The smallest absolute Gasteiger partial charge is 0.409 e. The molecule has 6 bridgehead atoms. The van der Waals surface area contributed by atoms with Crippen LogP contribution in [0.5, 0.6) is 5.75 Å². The Bertz CT molecular complexity index is 2830. The number of rotatable bonds is 24. The van der Waals surface area contributed by atoms with E-state index in [1.165, 1.54) is 38.0 Å². The van der Waals surface area contributed by atoms with E-state index < -0.39 is 89.5 Å². The molecular weight excluding hydrogens is 1100 g/mol. The fourth-order valence-corrected chi connectivity index (χ4v) is 10.7. The Morgan fingerprint density at radius 3 is 2.41 bits per heavy atom. The summed E-state index contributed by atoms with van der Waals surface area (Å²) in [6.45, 7) is 7.34. The number of esters is 1. The summed E-state index contributed by atoms with van der Waals surface area (Å²) >= 11 is 6.82. The first kappa shape index (κ1) is 65.9. The van der Waals surface area contributed by atoms with Crippen molar-refractivity contribution in [3.8, 4) is 5.75 Å². The third-order valence-electron chi connectivity index (χ3n) is 15.2. The number of aliphatic hydroxyl groups is 2. The van der Waals surface area contributed by atoms with Crippen molar-refractivity contribution in [1.29, 1.82) is 0 Å². The number of anilines is 1. The molecule has 458 valence electrons. The topological polar surface area (TPSA) is 300 Å². The van der Waals surface area contributed by atoms with Gasteiger partial charge in [-0.2, -0.15) is 0 Å². The number of fused-ring (bicyclic) bond motifs is 7. The average molecular weight is 1190 g/mol. The summed E-state index contributed by atoms with van der Waals surface area (Å²) in [5, 5.41) is 42.9. The van der Waals surface area contributed by atoms with Crippen molar-refractivity contribution in [2.24, 2.45) is 0 Å². The number of hydrogen-bond acceptors (Lipinski definition) is 19. The molecule has 83 heavy (non-hydrogen) atoms. The minimum atomic E-state index is -1.82.